The van der Waals surface area contributed by atoms with Crippen molar-refractivity contribution in [1.82, 2.24) is 5.32 Å². The van der Waals surface area contributed by atoms with E-state index in [9.17, 15) is 19.2 Å². The first kappa shape index (κ1) is 31.2. The fraction of sp³-hybridized carbons (Fsp3) is 0.212. The molecule has 44 heavy (non-hydrogen) atoms. The van der Waals surface area contributed by atoms with Gasteiger partial charge in [0.25, 0.3) is 11.8 Å². The summed E-state index contributed by atoms with van der Waals surface area (Å²) in [6.45, 7) is 0. The maximum Gasteiger partial charge on any atom is 0.341 e. The van der Waals surface area contributed by atoms with E-state index in [0.29, 0.717) is 21.8 Å². The Balaban J connectivity index is 1.24. The molecule has 0 unspecified atom stereocenters. The van der Waals surface area contributed by atoms with Crippen LogP contribution in [0.5, 0.6) is 0 Å². The smallest absolute Gasteiger partial charge is 0.341 e. The molecule has 4 aromatic rings. The van der Waals surface area contributed by atoms with Gasteiger partial charge < -0.3 is 20.7 Å². The van der Waals surface area contributed by atoms with Crippen molar-refractivity contribution in [3.8, 4) is 0 Å². The van der Waals surface area contributed by atoms with Crippen LogP contribution in [0.15, 0.2) is 82.7 Å². The third-order valence-corrected chi connectivity index (χ3v) is 9.90. The van der Waals surface area contributed by atoms with E-state index in [2.05, 4.69) is 16.0 Å². The normalized spacial score (nSPS) is 12.9. The summed E-state index contributed by atoms with van der Waals surface area (Å²) in [6, 6.07) is 19.6. The number of hydrogen-bond acceptors (Lipinski definition) is 8. The summed E-state index contributed by atoms with van der Waals surface area (Å²) < 4.78 is 5.04. The second-order valence-corrected chi connectivity index (χ2v) is 13.1. The molecule has 0 radical (unpaired) electrons. The van der Waals surface area contributed by atoms with Crippen LogP contribution in [0.25, 0.3) is 6.08 Å². The number of thiophene rings is 2. The van der Waals surface area contributed by atoms with Crippen LogP contribution in [-0.2, 0) is 27.2 Å². The molecule has 0 spiro atoms. The number of esters is 1. The third kappa shape index (κ3) is 8.04. The summed E-state index contributed by atoms with van der Waals surface area (Å²) in [6.07, 6.45) is 6.53. The van der Waals surface area contributed by atoms with Crippen molar-refractivity contribution in [2.75, 3.05) is 23.5 Å². The van der Waals surface area contributed by atoms with Crippen molar-refractivity contribution in [3.05, 3.63) is 104 Å². The molecular weight excluding hydrogens is 615 g/mol. The first-order valence-electron chi connectivity index (χ1n) is 14.1. The Bertz CT molecular complexity index is 1680. The zero-order chi connectivity index (χ0) is 30.9. The average molecular weight is 646 g/mol. The van der Waals surface area contributed by atoms with Crippen LogP contribution in [-0.4, -0.2) is 36.6 Å². The molecule has 0 saturated heterocycles. The number of benzene rings is 2. The van der Waals surface area contributed by atoms with Crippen LogP contribution in [0, 0.1) is 0 Å². The van der Waals surface area contributed by atoms with Gasteiger partial charge in [0.2, 0.25) is 5.91 Å². The summed E-state index contributed by atoms with van der Waals surface area (Å²) >= 11 is 4.22. The molecule has 2 aromatic carbocycles. The number of hydrogen-bond donors (Lipinski definition) is 3. The Labute approximate surface area is 267 Å². The predicted molar refractivity (Wildman–Crippen MR) is 178 cm³/mol. The van der Waals surface area contributed by atoms with Crippen molar-refractivity contribution in [2.45, 2.75) is 37.0 Å². The van der Waals surface area contributed by atoms with E-state index in [1.807, 2.05) is 29.6 Å². The van der Waals surface area contributed by atoms with Gasteiger partial charge in [-0.1, -0.05) is 36.8 Å². The molecule has 1 aliphatic rings. The first-order valence-corrected chi connectivity index (χ1v) is 16.8. The number of aryl methyl sites for hydroxylation is 1. The first-order chi connectivity index (χ1) is 21.4. The predicted octanol–water partition coefficient (Wildman–Crippen LogP) is 7.01. The van der Waals surface area contributed by atoms with E-state index in [0.717, 1.165) is 52.3 Å². The van der Waals surface area contributed by atoms with Gasteiger partial charge in [-0.05, 0) is 79.1 Å². The number of ether oxygens (including phenoxy) is 1. The number of rotatable bonds is 10. The van der Waals surface area contributed by atoms with Crippen molar-refractivity contribution in [3.63, 3.8) is 0 Å². The maximum atomic E-state index is 13.3. The van der Waals surface area contributed by atoms with E-state index in [4.69, 9.17) is 4.74 Å². The highest BCUT2D eigenvalue weighted by Crippen LogP contribution is 2.38. The minimum Gasteiger partial charge on any atom is -0.465 e. The highest BCUT2D eigenvalue weighted by Gasteiger charge is 2.26. The van der Waals surface area contributed by atoms with Crippen LogP contribution in [0.4, 0.5) is 10.7 Å². The van der Waals surface area contributed by atoms with E-state index >= 15 is 0 Å². The van der Waals surface area contributed by atoms with Gasteiger partial charge in [-0.2, -0.15) is 0 Å². The highest BCUT2D eigenvalue weighted by molar-refractivity contribution is 8.00. The number of methoxy groups -OCH3 is 1. The van der Waals surface area contributed by atoms with E-state index in [1.54, 1.807) is 48.5 Å². The number of thioether (sulfide) groups is 1. The van der Waals surface area contributed by atoms with Crippen molar-refractivity contribution < 1.29 is 23.9 Å². The molecule has 3 amide bonds. The zero-order valence-corrected chi connectivity index (χ0v) is 26.5. The molecule has 0 saturated carbocycles. The Kier molecular flexibility index (Phi) is 10.7. The standard InChI is InChI=1S/C33H31N3O5S3/c1-41-33(40)29-25-15-6-3-7-16-27(25)44-32(29)36-28(37)20-43-23-13-8-12-22(18-23)34-31(39)26(19-24-14-9-17-42-24)35-30(38)21-10-4-2-5-11-21/h2,4-5,8-14,17-19H,3,6-7,15-16,20H2,1H3,(H,34,39)(H,35,38)(H,36,37)/b26-19-. The monoisotopic (exact) mass is 645 g/mol. The van der Waals surface area contributed by atoms with Crippen LogP contribution in [0.1, 0.15) is 55.3 Å². The van der Waals surface area contributed by atoms with Crippen molar-refractivity contribution in [2.24, 2.45) is 0 Å². The number of carbonyl (C=O) groups is 4. The summed E-state index contributed by atoms with van der Waals surface area (Å²) in [7, 11) is 1.36. The second-order valence-electron chi connectivity index (χ2n) is 9.97. The zero-order valence-electron chi connectivity index (χ0n) is 24.0. The van der Waals surface area contributed by atoms with E-state index in [1.165, 1.54) is 41.5 Å². The van der Waals surface area contributed by atoms with Gasteiger partial charge in [-0.3, -0.25) is 14.4 Å². The average Bonchev–Trinajstić information content (AvgIpc) is 3.61. The minimum absolute atomic E-state index is 0.106. The summed E-state index contributed by atoms with van der Waals surface area (Å²) in [4.78, 5) is 54.4. The lowest BCUT2D eigenvalue weighted by Gasteiger charge is -2.12. The fourth-order valence-corrected chi connectivity index (χ4v) is 7.49. The Morgan fingerprint density at radius 1 is 0.932 bits per heavy atom. The van der Waals surface area contributed by atoms with Crippen molar-refractivity contribution in [1.29, 1.82) is 0 Å². The number of amides is 3. The number of nitrogens with one attached hydrogen (secondary N) is 3. The third-order valence-electron chi connectivity index (χ3n) is 6.88. The van der Waals surface area contributed by atoms with Crippen LogP contribution in [0.3, 0.4) is 0 Å². The molecule has 8 nitrogen and oxygen atoms in total. The molecule has 226 valence electrons. The lowest BCUT2D eigenvalue weighted by Crippen LogP contribution is -2.30. The maximum absolute atomic E-state index is 13.3. The van der Waals surface area contributed by atoms with E-state index in [-0.39, 0.29) is 17.4 Å². The quantitative estimate of drug-likeness (QED) is 0.0741. The molecule has 5 rings (SSSR count). The van der Waals surface area contributed by atoms with Gasteiger partial charge in [0.05, 0.1) is 18.4 Å². The summed E-state index contributed by atoms with van der Waals surface area (Å²) in [5.41, 5.74) is 2.53. The number of anilines is 2. The van der Waals surface area contributed by atoms with Crippen LogP contribution in [0.2, 0.25) is 0 Å². The molecule has 1 aliphatic carbocycles. The Morgan fingerprint density at radius 2 is 1.75 bits per heavy atom. The van der Waals surface area contributed by atoms with Crippen LogP contribution >= 0.6 is 34.4 Å². The van der Waals surface area contributed by atoms with Gasteiger partial charge in [0.1, 0.15) is 10.7 Å². The molecule has 0 fully saturated rings. The Hall–Kier alpha value is -4.19. The fourth-order valence-electron chi connectivity index (χ4n) is 4.78. The molecule has 0 atom stereocenters. The molecular formula is C33H31N3O5S3. The van der Waals surface area contributed by atoms with Gasteiger partial charge >= 0.3 is 5.97 Å². The summed E-state index contributed by atoms with van der Waals surface area (Å²) in [5, 5.41) is 11.0. The number of fused-ring (bicyclic) bond motifs is 1. The van der Waals surface area contributed by atoms with Gasteiger partial charge in [-0.15, -0.1) is 34.4 Å². The topological polar surface area (TPSA) is 114 Å². The SMILES string of the molecule is COC(=O)c1c(NC(=O)CSc2cccc(NC(=O)/C(=C/c3cccs3)NC(=O)c3ccccc3)c2)sc2c1CCCCC2. The molecule has 0 bridgehead atoms. The number of carbonyl (C=O) groups excluding carboxylic acids is 4. The van der Waals surface area contributed by atoms with Crippen LogP contribution < -0.4 is 16.0 Å². The van der Waals surface area contributed by atoms with Gasteiger partial charge in [0, 0.05) is 25.9 Å². The second kappa shape index (κ2) is 15.0. The molecule has 3 N–H and O–H groups in total. The lowest BCUT2D eigenvalue weighted by atomic mass is 10.1. The highest BCUT2D eigenvalue weighted by atomic mass is 32.2. The molecule has 0 aliphatic heterocycles. The van der Waals surface area contributed by atoms with E-state index < -0.39 is 17.8 Å². The van der Waals surface area contributed by atoms with Gasteiger partial charge in [-0.25, -0.2) is 4.79 Å². The lowest BCUT2D eigenvalue weighted by molar-refractivity contribution is -0.114. The molecule has 2 heterocycles. The molecule has 11 heteroatoms. The van der Waals surface area contributed by atoms with Crippen molar-refractivity contribution >= 4 is 74.9 Å². The Morgan fingerprint density at radius 3 is 2.52 bits per heavy atom. The largest absolute Gasteiger partial charge is 0.465 e. The minimum atomic E-state index is -0.477. The molecule has 2 aromatic heterocycles. The van der Waals surface area contributed by atoms with Gasteiger partial charge in [0.15, 0.2) is 0 Å². The summed E-state index contributed by atoms with van der Waals surface area (Å²) in [5.74, 6) is -1.43.